The summed E-state index contributed by atoms with van der Waals surface area (Å²) in [4.78, 5) is 12.7. The van der Waals surface area contributed by atoms with Crippen LogP contribution in [0.4, 0.5) is 0 Å². The van der Waals surface area contributed by atoms with Gasteiger partial charge in [-0.3, -0.25) is 10.1 Å². The van der Waals surface area contributed by atoms with Crippen molar-refractivity contribution in [1.82, 2.24) is 10.2 Å². The minimum atomic E-state index is -0.0425. The van der Waals surface area contributed by atoms with E-state index in [1.807, 2.05) is 0 Å². The molecule has 2 aliphatic heterocycles. The highest BCUT2D eigenvalue weighted by atomic mass is 32.2. The molecule has 70 valence electrons. The molecule has 0 radical (unpaired) electrons. The van der Waals surface area contributed by atoms with E-state index in [4.69, 9.17) is 5.26 Å². The van der Waals surface area contributed by atoms with Gasteiger partial charge in [0.05, 0.1) is 19.2 Å². The number of amides is 1. The summed E-state index contributed by atoms with van der Waals surface area (Å²) in [6, 6.07) is 2.15. The van der Waals surface area contributed by atoms with Crippen molar-refractivity contribution in [2.24, 2.45) is 0 Å². The molecule has 0 saturated carbocycles. The molecule has 2 aliphatic rings. The van der Waals surface area contributed by atoms with E-state index in [9.17, 15) is 4.79 Å². The smallest absolute Gasteiger partial charge is 0.219 e. The summed E-state index contributed by atoms with van der Waals surface area (Å²) >= 11 is 1.76. The Labute approximate surface area is 81.3 Å². The van der Waals surface area contributed by atoms with E-state index in [0.29, 0.717) is 0 Å². The van der Waals surface area contributed by atoms with Gasteiger partial charge in [-0.15, -0.1) is 11.8 Å². The predicted molar refractivity (Wildman–Crippen MR) is 50.0 cm³/mol. The highest BCUT2D eigenvalue weighted by molar-refractivity contribution is 8.01. The fourth-order valence-electron chi connectivity index (χ4n) is 1.69. The minimum Gasteiger partial charge on any atom is -0.337 e. The lowest BCUT2D eigenvalue weighted by atomic mass is 10.1. The molecule has 0 aliphatic carbocycles. The van der Waals surface area contributed by atoms with Crippen LogP contribution in [0.2, 0.25) is 0 Å². The second-order valence-electron chi connectivity index (χ2n) is 3.51. The van der Waals surface area contributed by atoms with Gasteiger partial charge in [-0.1, -0.05) is 0 Å². The largest absolute Gasteiger partial charge is 0.337 e. The van der Waals surface area contributed by atoms with Gasteiger partial charge in [0.15, 0.2) is 0 Å². The Balaban J connectivity index is 1.92. The Morgan fingerprint density at radius 1 is 1.77 bits per heavy atom. The molecule has 0 aromatic carbocycles. The molecule has 1 N–H and O–H groups in total. The van der Waals surface area contributed by atoms with E-state index in [-0.39, 0.29) is 16.8 Å². The van der Waals surface area contributed by atoms with Gasteiger partial charge in [-0.2, -0.15) is 5.26 Å². The summed E-state index contributed by atoms with van der Waals surface area (Å²) in [7, 11) is 0. The lowest BCUT2D eigenvalue weighted by molar-refractivity contribution is -0.134. The molecular weight excluding hydrogens is 186 g/mol. The SMILES string of the molecule is CC(=O)N1CC2(C1)N[C@H](C#N)CS2. The summed E-state index contributed by atoms with van der Waals surface area (Å²) in [6.45, 7) is 3.06. The molecule has 1 amide bonds. The van der Waals surface area contributed by atoms with E-state index in [1.165, 1.54) is 0 Å². The molecule has 0 aromatic heterocycles. The Hall–Kier alpha value is -0.730. The van der Waals surface area contributed by atoms with Crippen molar-refractivity contribution in [2.75, 3.05) is 18.8 Å². The van der Waals surface area contributed by atoms with Gasteiger partial charge >= 0.3 is 0 Å². The number of likely N-dealkylation sites (tertiary alicyclic amines) is 1. The van der Waals surface area contributed by atoms with Crippen LogP contribution < -0.4 is 5.32 Å². The number of hydrogen-bond acceptors (Lipinski definition) is 4. The molecule has 0 unspecified atom stereocenters. The first-order chi connectivity index (χ1) is 6.15. The summed E-state index contributed by atoms with van der Waals surface area (Å²) in [5.41, 5.74) is 0. The third-order valence-electron chi connectivity index (χ3n) is 2.46. The van der Waals surface area contributed by atoms with Crippen LogP contribution in [0.3, 0.4) is 0 Å². The van der Waals surface area contributed by atoms with Gasteiger partial charge in [-0.05, 0) is 0 Å². The van der Waals surface area contributed by atoms with Gasteiger partial charge < -0.3 is 4.90 Å². The van der Waals surface area contributed by atoms with E-state index >= 15 is 0 Å². The van der Waals surface area contributed by atoms with E-state index < -0.39 is 0 Å². The Morgan fingerprint density at radius 3 is 2.92 bits per heavy atom. The van der Waals surface area contributed by atoms with Gasteiger partial charge in [0.1, 0.15) is 10.9 Å². The second kappa shape index (κ2) is 2.89. The normalized spacial score (nSPS) is 29.8. The molecule has 2 heterocycles. The Morgan fingerprint density at radius 2 is 2.46 bits per heavy atom. The first-order valence-corrected chi connectivity index (χ1v) is 5.20. The van der Waals surface area contributed by atoms with Crippen molar-refractivity contribution >= 4 is 17.7 Å². The average molecular weight is 197 g/mol. The van der Waals surface area contributed by atoms with Gasteiger partial charge in [0, 0.05) is 12.7 Å². The van der Waals surface area contributed by atoms with E-state index in [2.05, 4.69) is 11.4 Å². The fraction of sp³-hybridized carbons (Fsp3) is 0.750. The molecule has 13 heavy (non-hydrogen) atoms. The standard InChI is InChI=1S/C8H11N3OS/c1-6(12)11-4-8(5-11)10-7(2-9)3-13-8/h7,10H,3-5H2,1H3/t7-/m1/s1. The van der Waals surface area contributed by atoms with Crippen molar-refractivity contribution in [3.05, 3.63) is 0 Å². The number of carbonyl (C=O) groups is 1. The molecule has 2 fully saturated rings. The van der Waals surface area contributed by atoms with Crippen LogP contribution in [-0.2, 0) is 4.79 Å². The molecule has 0 bridgehead atoms. The second-order valence-corrected chi connectivity index (χ2v) is 4.91. The number of rotatable bonds is 0. The van der Waals surface area contributed by atoms with Crippen molar-refractivity contribution in [3.8, 4) is 6.07 Å². The summed E-state index contributed by atoms with van der Waals surface area (Å²) in [5, 5.41) is 11.9. The van der Waals surface area contributed by atoms with Crippen LogP contribution in [0.15, 0.2) is 0 Å². The van der Waals surface area contributed by atoms with Gasteiger partial charge in [-0.25, -0.2) is 0 Å². The maximum Gasteiger partial charge on any atom is 0.219 e. The summed E-state index contributed by atoms with van der Waals surface area (Å²) in [6.07, 6.45) is 0. The predicted octanol–water partition coefficient (Wildman–Crippen LogP) is -0.227. The molecular formula is C8H11N3OS. The topological polar surface area (TPSA) is 56.1 Å². The maximum absolute atomic E-state index is 10.9. The lowest BCUT2D eigenvalue weighted by Gasteiger charge is -2.46. The molecule has 2 rings (SSSR count). The third-order valence-corrected chi connectivity index (χ3v) is 3.89. The van der Waals surface area contributed by atoms with Crippen LogP contribution in [0.1, 0.15) is 6.92 Å². The van der Waals surface area contributed by atoms with Crippen LogP contribution in [0, 0.1) is 11.3 Å². The summed E-state index contributed by atoms with van der Waals surface area (Å²) < 4.78 is 0. The zero-order valence-electron chi connectivity index (χ0n) is 7.41. The molecule has 4 nitrogen and oxygen atoms in total. The van der Waals surface area contributed by atoms with Crippen molar-refractivity contribution in [3.63, 3.8) is 0 Å². The first kappa shape index (κ1) is 8.85. The molecule has 2 saturated heterocycles. The molecule has 1 atom stereocenters. The van der Waals surface area contributed by atoms with Crippen LogP contribution in [-0.4, -0.2) is 40.6 Å². The number of carbonyl (C=O) groups excluding carboxylic acids is 1. The summed E-state index contributed by atoms with van der Waals surface area (Å²) in [5.74, 6) is 0.954. The van der Waals surface area contributed by atoms with Crippen LogP contribution >= 0.6 is 11.8 Å². The van der Waals surface area contributed by atoms with Gasteiger partial charge in [0.2, 0.25) is 5.91 Å². The third kappa shape index (κ3) is 1.40. The Bertz CT molecular complexity index is 280. The van der Waals surface area contributed by atoms with E-state index in [1.54, 1.807) is 23.6 Å². The minimum absolute atomic E-state index is 0.00787. The van der Waals surface area contributed by atoms with Crippen LogP contribution in [0.25, 0.3) is 0 Å². The highest BCUT2D eigenvalue weighted by Gasteiger charge is 2.49. The zero-order valence-corrected chi connectivity index (χ0v) is 8.23. The zero-order chi connectivity index (χ0) is 9.47. The van der Waals surface area contributed by atoms with Crippen LogP contribution in [0.5, 0.6) is 0 Å². The molecule has 5 heteroatoms. The lowest BCUT2D eigenvalue weighted by Crippen LogP contribution is -2.66. The number of thioether (sulfide) groups is 1. The molecule has 0 aromatic rings. The average Bonchev–Trinajstić information content (AvgIpc) is 2.44. The first-order valence-electron chi connectivity index (χ1n) is 4.22. The van der Waals surface area contributed by atoms with Crippen molar-refractivity contribution < 1.29 is 4.79 Å². The number of hydrogen-bond donors (Lipinski definition) is 1. The quantitative estimate of drug-likeness (QED) is 0.583. The fourth-order valence-corrected chi connectivity index (χ4v) is 3.05. The number of nitriles is 1. The highest BCUT2D eigenvalue weighted by Crippen LogP contribution is 2.38. The monoisotopic (exact) mass is 197 g/mol. The number of nitrogens with zero attached hydrogens (tertiary/aromatic N) is 2. The maximum atomic E-state index is 10.9. The van der Waals surface area contributed by atoms with Crippen molar-refractivity contribution in [1.29, 1.82) is 5.26 Å². The molecule has 1 spiro atoms. The number of nitrogens with one attached hydrogen (secondary N) is 1. The Kier molecular flexibility index (Phi) is 1.97. The van der Waals surface area contributed by atoms with E-state index in [0.717, 1.165) is 18.8 Å². The van der Waals surface area contributed by atoms with Crippen molar-refractivity contribution in [2.45, 2.75) is 17.8 Å². The van der Waals surface area contributed by atoms with Gasteiger partial charge in [0.25, 0.3) is 0 Å².